The van der Waals surface area contributed by atoms with Gasteiger partial charge in [0, 0.05) is 12.5 Å². The Morgan fingerprint density at radius 1 is 1.25 bits per heavy atom. The average Bonchev–Trinajstić information content (AvgIpc) is 2.28. The number of hydrogen-bond donors (Lipinski definition) is 1. The van der Waals surface area contributed by atoms with E-state index in [1.807, 2.05) is 0 Å². The molecular weight excluding hydrogens is 198 g/mol. The molecule has 1 saturated heterocycles. The number of benzene rings is 1. The van der Waals surface area contributed by atoms with Crippen molar-refractivity contribution in [1.82, 2.24) is 5.32 Å². The Hall–Kier alpha value is -1.31. The minimum absolute atomic E-state index is 0.257. The van der Waals surface area contributed by atoms with Crippen LogP contribution in [0.4, 0.5) is 0 Å². The van der Waals surface area contributed by atoms with E-state index in [1.54, 1.807) is 0 Å². The molecule has 16 heavy (non-hydrogen) atoms. The highest BCUT2D eigenvalue weighted by atomic mass is 16.1. The predicted molar refractivity (Wildman–Crippen MR) is 63.2 cm³/mol. The molecule has 2 atom stereocenters. The molecule has 2 heteroatoms. The van der Waals surface area contributed by atoms with Crippen molar-refractivity contribution in [3.05, 3.63) is 35.4 Å². The van der Waals surface area contributed by atoms with Crippen molar-refractivity contribution in [2.24, 2.45) is 5.92 Å². The lowest BCUT2D eigenvalue weighted by atomic mass is 9.72. The second-order valence-corrected chi connectivity index (χ2v) is 4.97. The van der Waals surface area contributed by atoms with Crippen LogP contribution in [0.25, 0.3) is 0 Å². The van der Waals surface area contributed by atoms with Crippen LogP contribution in [0.1, 0.15) is 36.3 Å². The van der Waals surface area contributed by atoms with Crippen LogP contribution < -0.4 is 5.32 Å². The Morgan fingerprint density at radius 2 is 2.12 bits per heavy atom. The Bertz CT molecular complexity index is 413. The van der Waals surface area contributed by atoms with Gasteiger partial charge in [-0.3, -0.25) is 4.79 Å². The van der Waals surface area contributed by atoms with Crippen molar-refractivity contribution in [2.75, 3.05) is 6.54 Å². The standard InChI is InChI=1S/C14H17NO/c16-14-11(5-3-7-15-14)9-12-8-10-4-1-2-6-13(10)12/h1-2,4,6,11-12H,3,5,7-9H2,(H,15,16). The first kappa shape index (κ1) is 9.88. The van der Waals surface area contributed by atoms with E-state index in [9.17, 15) is 4.79 Å². The summed E-state index contributed by atoms with van der Waals surface area (Å²) < 4.78 is 0. The quantitative estimate of drug-likeness (QED) is 0.805. The Labute approximate surface area is 96.1 Å². The van der Waals surface area contributed by atoms with Crippen molar-refractivity contribution in [1.29, 1.82) is 0 Å². The maximum atomic E-state index is 11.7. The van der Waals surface area contributed by atoms with Crippen molar-refractivity contribution in [3.63, 3.8) is 0 Å². The van der Waals surface area contributed by atoms with Crippen molar-refractivity contribution in [3.8, 4) is 0 Å². The number of amides is 1. The summed E-state index contributed by atoms with van der Waals surface area (Å²) in [4.78, 5) is 11.7. The van der Waals surface area contributed by atoms with Crippen LogP contribution in [0.3, 0.4) is 0 Å². The molecule has 3 rings (SSSR count). The molecule has 1 amide bonds. The van der Waals surface area contributed by atoms with E-state index in [4.69, 9.17) is 0 Å². The van der Waals surface area contributed by atoms with Crippen molar-refractivity contribution >= 4 is 5.91 Å². The smallest absolute Gasteiger partial charge is 0.223 e. The molecule has 1 fully saturated rings. The van der Waals surface area contributed by atoms with E-state index >= 15 is 0 Å². The first-order valence-corrected chi connectivity index (χ1v) is 6.20. The molecule has 1 aromatic rings. The van der Waals surface area contributed by atoms with Gasteiger partial charge in [-0.2, -0.15) is 0 Å². The summed E-state index contributed by atoms with van der Waals surface area (Å²) >= 11 is 0. The molecule has 2 nitrogen and oxygen atoms in total. The minimum atomic E-state index is 0.257. The summed E-state index contributed by atoms with van der Waals surface area (Å²) in [6, 6.07) is 8.62. The molecule has 1 aliphatic heterocycles. The summed E-state index contributed by atoms with van der Waals surface area (Å²) in [5.41, 5.74) is 2.95. The zero-order valence-electron chi connectivity index (χ0n) is 9.41. The van der Waals surface area contributed by atoms with E-state index in [1.165, 1.54) is 17.5 Å². The fraction of sp³-hybridized carbons (Fsp3) is 0.500. The van der Waals surface area contributed by atoms with E-state index in [2.05, 4.69) is 29.6 Å². The number of carbonyl (C=O) groups excluding carboxylic acids is 1. The summed E-state index contributed by atoms with van der Waals surface area (Å²) in [7, 11) is 0. The third kappa shape index (κ3) is 1.62. The van der Waals surface area contributed by atoms with Gasteiger partial charge in [-0.05, 0) is 42.7 Å². The molecule has 2 unspecified atom stereocenters. The van der Waals surface area contributed by atoms with Gasteiger partial charge in [-0.25, -0.2) is 0 Å². The molecule has 0 radical (unpaired) electrons. The van der Waals surface area contributed by atoms with Gasteiger partial charge in [0.15, 0.2) is 0 Å². The molecule has 2 aliphatic rings. The van der Waals surface area contributed by atoms with E-state index in [0.717, 1.165) is 25.8 Å². The number of carbonyl (C=O) groups is 1. The first-order chi connectivity index (χ1) is 7.84. The molecule has 1 aromatic carbocycles. The third-order valence-corrected chi connectivity index (χ3v) is 3.93. The highest BCUT2D eigenvalue weighted by Crippen LogP contribution is 2.40. The van der Waals surface area contributed by atoms with Crippen LogP contribution in [0.2, 0.25) is 0 Å². The predicted octanol–water partition coefficient (Wildman–Crippen LogP) is 2.24. The van der Waals surface area contributed by atoms with Crippen molar-refractivity contribution in [2.45, 2.75) is 31.6 Å². The molecule has 1 heterocycles. The zero-order chi connectivity index (χ0) is 11.0. The van der Waals surface area contributed by atoms with Crippen molar-refractivity contribution < 1.29 is 4.79 Å². The highest BCUT2D eigenvalue weighted by molar-refractivity contribution is 5.79. The second-order valence-electron chi connectivity index (χ2n) is 4.97. The molecular formula is C14H17NO. The topological polar surface area (TPSA) is 29.1 Å². The van der Waals surface area contributed by atoms with Gasteiger partial charge < -0.3 is 5.32 Å². The number of nitrogens with one attached hydrogen (secondary N) is 1. The molecule has 84 valence electrons. The lowest BCUT2D eigenvalue weighted by molar-refractivity contribution is -0.127. The van der Waals surface area contributed by atoms with Crippen LogP contribution >= 0.6 is 0 Å². The van der Waals surface area contributed by atoms with Crippen LogP contribution in [-0.4, -0.2) is 12.5 Å². The van der Waals surface area contributed by atoms with Gasteiger partial charge in [-0.1, -0.05) is 24.3 Å². The van der Waals surface area contributed by atoms with Gasteiger partial charge in [0.2, 0.25) is 5.91 Å². The van der Waals surface area contributed by atoms with Gasteiger partial charge in [0.05, 0.1) is 0 Å². The largest absolute Gasteiger partial charge is 0.356 e. The lowest BCUT2D eigenvalue weighted by Crippen LogP contribution is -2.38. The van der Waals surface area contributed by atoms with E-state index in [0.29, 0.717) is 5.92 Å². The lowest BCUT2D eigenvalue weighted by Gasteiger charge is -2.33. The number of rotatable bonds is 2. The second kappa shape index (κ2) is 3.93. The monoisotopic (exact) mass is 215 g/mol. The Morgan fingerprint density at radius 3 is 2.94 bits per heavy atom. The summed E-state index contributed by atoms with van der Waals surface area (Å²) in [5, 5.41) is 2.97. The Kier molecular flexibility index (Phi) is 2.43. The normalized spacial score (nSPS) is 27.9. The maximum absolute atomic E-state index is 11.7. The van der Waals surface area contributed by atoms with Crippen LogP contribution in [-0.2, 0) is 11.2 Å². The maximum Gasteiger partial charge on any atom is 0.223 e. The van der Waals surface area contributed by atoms with E-state index in [-0.39, 0.29) is 11.8 Å². The molecule has 1 N–H and O–H groups in total. The zero-order valence-corrected chi connectivity index (χ0v) is 9.41. The number of hydrogen-bond acceptors (Lipinski definition) is 1. The van der Waals surface area contributed by atoms with Gasteiger partial charge in [-0.15, -0.1) is 0 Å². The summed E-state index contributed by atoms with van der Waals surface area (Å²) in [5.74, 6) is 1.16. The van der Waals surface area contributed by atoms with Crippen LogP contribution in [0.5, 0.6) is 0 Å². The molecule has 0 aromatic heterocycles. The third-order valence-electron chi connectivity index (χ3n) is 3.93. The first-order valence-electron chi connectivity index (χ1n) is 6.20. The SMILES string of the molecule is O=C1NCCCC1CC1Cc2ccccc21. The van der Waals surface area contributed by atoms with Gasteiger partial charge in [0.1, 0.15) is 0 Å². The van der Waals surface area contributed by atoms with Crippen LogP contribution in [0, 0.1) is 5.92 Å². The van der Waals surface area contributed by atoms with Gasteiger partial charge >= 0.3 is 0 Å². The number of fused-ring (bicyclic) bond motifs is 1. The average molecular weight is 215 g/mol. The number of piperidine rings is 1. The highest BCUT2D eigenvalue weighted by Gasteiger charge is 2.31. The van der Waals surface area contributed by atoms with Gasteiger partial charge in [0.25, 0.3) is 0 Å². The van der Waals surface area contributed by atoms with E-state index < -0.39 is 0 Å². The molecule has 1 aliphatic carbocycles. The fourth-order valence-electron chi connectivity index (χ4n) is 2.98. The molecule has 0 saturated carbocycles. The van der Waals surface area contributed by atoms with Crippen LogP contribution in [0.15, 0.2) is 24.3 Å². The minimum Gasteiger partial charge on any atom is -0.356 e. The molecule has 0 spiro atoms. The summed E-state index contributed by atoms with van der Waals surface area (Å²) in [6.07, 6.45) is 4.43. The fourth-order valence-corrected chi connectivity index (χ4v) is 2.98. The molecule has 0 bridgehead atoms. The Balaban J connectivity index is 1.67. The summed E-state index contributed by atoms with van der Waals surface area (Å²) in [6.45, 7) is 0.872.